The molecule has 1 aliphatic rings. The van der Waals surface area contributed by atoms with Gasteiger partial charge in [-0.1, -0.05) is 12.1 Å². The smallest absolute Gasteiger partial charge is 0.244 e. The molecule has 0 bridgehead atoms. The van der Waals surface area contributed by atoms with Gasteiger partial charge in [0, 0.05) is 45.0 Å². The van der Waals surface area contributed by atoms with E-state index in [4.69, 9.17) is 0 Å². The van der Waals surface area contributed by atoms with Crippen molar-refractivity contribution in [2.75, 3.05) is 68.5 Å². The van der Waals surface area contributed by atoms with E-state index < -0.39 is 0 Å². The van der Waals surface area contributed by atoms with Gasteiger partial charge in [-0.3, -0.25) is 0 Å². The van der Waals surface area contributed by atoms with Crippen molar-refractivity contribution in [2.24, 2.45) is 0 Å². The molecule has 7 heteroatoms. The van der Waals surface area contributed by atoms with E-state index in [0.29, 0.717) is 5.95 Å². The zero-order valence-corrected chi connectivity index (χ0v) is 15.3. The maximum Gasteiger partial charge on any atom is 0.244 e. The van der Waals surface area contributed by atoms with Crippen molar-refractivity contribution in [3.8, 4) is 0 Å². The number of hydrogen-bond donors (Lipinski definition) is 1. The number of rotatable bonds is 6. The van der Waals surface area contributed by atoms with Gasteiger partial charge in [0.25, 0.3) is 0 Å². The van der Waals surface area contributed by atoms with Crippen LogP contribution in [0.2, 0.25) is 0 Å². The van der Waals surface area contributed by atoms with E-state index in [1.807, 2.05) is 14.1 Å². The van der Waals surface area contributed by atoms with E-state index in [9.17, 15) is 0 Å². The monoisotopic (exact) mass is 341 g/mol. The quantitative estimate of drug-likeness (QED) is 0.854. The number of hydrogen-bond acceptors (Lipinski definition) is 7. The zero-order valence-electron chi connectivity index (χ0n) is 15.3. The molecule has 0 aliphatic carbocycles. The van der Waals surface area contributed by atoms with Gasteiger partial charge in [-0.25, -0.2) is 0 Å². The van der Waals surface area contributed by atoms with Crippen molar-refractivity contribution >= 4 is 17.5 Å². The van der Waals surface area contributed by atoms with Crippen LogP contribution in [0.5, 0.6) is 0 Å². The van der Waals surface area contributed by atoms with E-state index in [1.54, 1.807) is 6.20 Å². The molecule has 0 unspecified atom stereocenters. The van der Waals surface area contributed by atoms with E-state index in [-0.39, 0.29) is 0 Å². The first-order valence-corrected chi connectivity index (χ1v) is 8.77. The summed E-state index contributed by atoms with van der Waals surface area (Å²) in [6, 6.07) is 8.69. The summed E-state index contributed by atoms with van der Waals surface area (Å²) in [5, 5.41) is 11.4. The lowest BCUT2D eigenvalue weighted by atomic mass is 10.2. The van der Waals surface area contributed by atoms with Crippen LogP contribution in [-0.4, -0.2) is 73.4 Å². The fourth-order valence-corrected chi connectivity index (χ4v) is 2.93. The molecule has 1 aromatic heterocycles. The lowest BCUT2D eigenvalue weighted by Crippen LogP contribution is -2.47. The third-order valence-electron chi connectivity index (χ3n) is 4.36. The van der Waals surface area contributed by atoms with Crippen LogP contribution in [0.1, 0.15) is 5.56 Å². The molecule has 1 saturated heterocycles. The summed E-state index contributed by atoms with van der Waals surface area (Å²) in [5.41, 5.74) is 2.60. The Balaban J connectivity index is 1.57. The Hall–Kier alpha value is -2.41. The third kappa shape index (κ3) is 4.79. The Morgan fingerprint density at radius 2 is 1.88 bits per heavy atom. The molecule has 0 amide bonds. The second-order valence-electron chi connectivity index (χ2n) is 6.68. The van der Waals surface area contributed by atoms with Gasteiger partial charge >= 0.3 is 0 Å². The van der Waals surface area contributed by atoms with Crippen molar-refractivity contribution < 1.29 is 0 Å². The highest BCUT2D eigenvalue weighted by atomic mass is 15.3. The first-order chi connectivity index (χ1) is 12.1. The highest BCUT2D eigenvalue weighted by Crippen LogP contribution is 2.20. The number of nitrogens with one attached hydrogen (secondary N) is 1. The number of aryl methyl sites for hydroxylation is 1. The maximum atomic E-state index is 4.61. The average Bonchev–Trinajstić information content (AvgIpc) is 2.62. The molecule has 0 radical (unpaired) electrons. The van der Waals surface area contributed by atoms with E-state index >= 15 is 0 Å². The molecule has 1 aromatic carbocycles. The van der Waals surface area contributed by atoms with Crippen LogP contribution >= 0.6 is 0 Å². The number of likely N-dealkylation sites (N-methyl/N-ethyl adjacent to an activating group) is 1. The number of anilines is 3. The van der Waals surface area contributed by atoms with Crippen LogP contribution < -0.4 is 15.1 Å². The van der Waals surface area contributed by atoms with Crippen LogP contribution in [0.3, 0.4) is 0 Å². The summed E-state index contributed by atoms with van der Waals surface area (Å²) in [6.07, 6.45) is 1.75. The van der Waals surface area contributed by atoms with Gasteiger partial charge in [0.2, 0.25) is 5.95 Å². The first-order valence-electron chi connectivity index (χ1n) is 8.77. The summed E-state index contributed by atoms with van der Waals surface area (Å²) in [7, 11) is 4.09. The molecule has 0 saturated carbocycles. The molecular formula is C18H27N7. The van der Waals surface area contributed by atoms with Crippen LogP contribution in [0.4, 0.5) is 17.5 Å². The minimum atomic E-state index is 0.598. The number of nitrogens with zero attached hydrogens (tertiary/aromatic N) is 6. The molecule has 2 aromatic rings. The van der Waals surface area contributed by atoms with Gasteiger partial charge in [-0.05, 0) is 38.7 Å². The summed E-state index contributed by atoms with van der Waals surface area (Å²) >= 11 is 0. The summed E-state index contributed by atoms with van der Waals surface area (Å²) in [6.45, 7) is 7.71. The standard InChI is InChI=1S/C18H27N7/c1-15-5-4-6-16(13-15)24-9-11-25(12-10-24)17-14-20-22-18(21-17)19-7-8-23(2)3/h4-6,13-14H,7-12H2,1-3H3,(H,19,21,22). The van der Waals surface area contributed by atoms with Crippen molar-refractivity contribution in [1.29, 1.82) is 0 Å². The van der Waals surface area contributed by atoms with Crippen molar-refractivity contribution in [3.63, 3.8) is 0 Å². The van der Waals surface area contributed by atoms with E-state index in [2.05, 4.69) is 66.4 Å². The van der Waals surface area contributed by atoms with E-state index in [1.165, 1.54) is 11.3 Å². The van der Waals surface area contributed by atoms with Crippen molar-refractivity contribution in [1.82, 2.24) is 20.1 Å². The van der Waals surface area contributed by atoms with Crippen LogP contribution in [-0.2, 0) is 0 Å². The van der Waals surface area contributed by atoms with Gasteiger partial charge in [0.15, 0.2) is 5.82 Å². The Kier molecular flexibility index (Phi) is 5.65. The minimum Gasteiger partial charge on any atom is -0.368 e. The second kappa shape index (κ2) is 8.11. The molecule has 1 fully saturated rings. The number of aromatic nitrogens is 3. The van der Waals surface area contributed by atoms with Crippen molar-refractivity contribution in [3.05, 3.63) is 36.0 Å². The van der Waals surface area contributed by atoms with Crippen LogP contribution in [0.25, 0.3) is 0 Å². The molecule has 0 atom stereocenters. The highest BCUT2D eigenvalue weighted by molar-refractivity contribution is 5.51. The van der Waals surface area contributed by atoms with Crippen LogP contribution in [0, 0.1) is 6.92 Å². The Morgan fingerprint density at radius 3 is 2.60 bits per heavy atom. The zero-order chi connectivity index (χ0) is 17.6. The molecule has 3 rings (SSSR count). The van der Waals surface area contributed by atoms with Gasteiger partial charge in [0.1, 0.15) is 0 Å². The van der Waals surface area contributed by atoms with E-state index in [0.717, 1.165) is 45.1 Å². The molecule has 1 aliphatic heterocycles. The molecule has 2 heterocycles. The Morgan fingerprint density at radius 1 is 1.12 bits per heavy atom. The molecule has 25 heavy (non-hydrogen) atoms. The second-order valence-corrected chi connectivity index (χ2v) is 6.68. The SMILES string of the molecule is Cc1cccc(N2CCN(c3cnnc(NCCN(C)C)n3)CC2)c1. The average molecular weight is 341 g/mol. The number of benzene rings is 1. The Labute approximate surface area is 149 Å². The molecular weight excluding hydrogens is 314 g/mol. The minimum absolute atomic E-state index is 0.598. The molecule has 0 spiro atoms. The third-order valence-corrected chi connectivity index (χ3v) is 4.36. The topological polar surface area (TPSA) is 60.4 Å². The first kappa shape index (κ1) is 17.4. The van der Waals surface area contributed by atoms with Crippen LogP contribution in [0.15, 0.2) is 30.5 Å². The fourth-order valence-electron chi connectivity index (χ4n) is 2.93. The molecule has 134 valence electrons. The fraction of sp³-hybridized carbons (Fsp3) is 0.500. The lowest BCUT2D eigenvalue weighted by molar-refractivity contribution is 0.425. The predicted octanol–water partition coefficient (Wildman–Crippen LogP) is 1.48. The van der Waals surface area contributed by atoms with Gasteiger partial charge in [0.05, 0.1) is 6.20 Å². The summed E-state index contributed by atoms with van der Waals surface area (Å²) in [5.74, 6) is 1.49. The van der Waals surface area contributed by atoms with Crippen molar-refractivity contribution in [2.45, 2.75) is 6.92 Å². The Bertz CT molecular complexity index is 681. The molecule has 7 nitrogen and oxygen atoms in total. The van der Waals surface area contributed by atoms with Gasteiger partial charge in [-0.15, -0.1) is 5.10 Å². The summed E-state index contributed by atoms with van der Waals surface area (Å²) < 4.78 is 0. The largest absolute Gasteiger partial charge is 0.368 e. The highest BCUT2D eigenvalue weighted by Gasteiger charge is 2.19. The number of piperazine rings is 1. The van der Waals surface area contributed by atoms with Gasteiger partial charge < -0.3 is 20.0 Å². The summed E-state index contributed by atoms with van der Waals surface area (Å²) in [4.78, 5) is 11.4. The normalized spacial score (nSPS) is 14.9. The predicted molar refractivity (Wildman–Crippen MR) is 102 cm³/mol. The maximum absolute atomic E-state index is 4.61. The lowest BCUT2D eigenvalue weighted by Gasteiger charge is -2.36. The molecule has 1 N–H and O–H groups in total. The van der Waals surface area contributed by atoms with Gasteiger partial charge in [-0.2, -0.15) is 10.1 Å².